The van der Waals surface area contributed by atoms with Crippen LogP contribution >= 0.6 is 22.6 Å². The number of hydrogen-bond donors (Lipinski definition) is 0. The lowest BCUT2D eigenvalue weighted by atomic mass is 10.2. The van der Waals surface area contributed by atoms with Gasteiger partial charge in [0.25, 0.3) is 10.0 Å². The molecule has 0 saturated heterocycles. The molecule has 0 saturated carbocycles. The van der Waals surface area contributed by atoms with Gasteiger partial charge in [-0.2, -0.15) is 4.98 Å². The predicted molar refractivity (Wildman–Crippen MR) is 98.3 cm³/mol. The van der Waals surface area contributed by atoms with Crippen LogP contribution in [-0.2, 0) is 26.9 Å². The molecule has 0 aliphatic rings. The van der Waals surface area contributed by atoms with E-state index in [0.29, 0.717) is 9.22 Å². The number of fused-ring (bicyclic) bond motifs is 1. The number of aromatic nitrogens is 3. The Morgan fingerprint density at radius 2 is 1.67 bits per heavy atom. The van der Waals surface area contributed by atoms with Crippen molar-refractivity contribution in [3.63, 3.8) is 0 Å². The Hall–Kier alpha value is -1.40. The summed E-state index contributed by atoms with van der Waals surface area (Å²) in [6.45, 7) is 1.87. The summed E-state index contributed by atoms with van der Waals surface area (Å²) in [5.41, 5.74) is 1.48. The quantitative estimate of drug-likeness (QED) is 0.536. The molecule has 128 valence electrons. The van der Waals surface area contributed by atoms with Crippen molar-refractivity contribution in [1.82, 2.24) is 13.5 Å². The van der Waals surface area contributed by atoms with Crippen molar-refractivity contribution in [3.05, 3.63) is 39.6 Å². The van der Waals surface area contributed by atoms with E-state index >= 15 is 0 Å². The Morgan fingerprint density at radius 3 is 2.21 bits per heavy atom. The van der Waals surface area contributed by atoms with Crippen molar-refractivity contribution in [2.24, 2.45) is 7.05 Å². The van der Waals surface area contributed by atoms with Crippen LogP contribution in [0.3, 0.4) is 0 Å². The van der Waals surface area contributed by atoms with Gasteiger partial charge in [0.2, 0.25) is 15.0 Å². The number of aryl methyl sites for hydroxylation is 2. The maximum absolute atomic E-state index is 13.0. The molecule has 0 fully saturated rings. The Labute approximate surface area is 153 Å². The van der Waals surface area contributed by atoms with Crippen molar-refractivity contribution in [1.29, 1.82) is 0 Å². The molecule has 7 nitrogen and oxygen atoms in total. The van der Waals surface area contributed by atoms with E-state index in [1.54, 1.807) is 25.2 Å². The fraction of sp³-hybridized carbons (Fsp3) is 0.214. The summed E-state index contributed by atoms with van der Waals surface area (Å²) in [5.74, 6) is 0. The van der Waals surface area contributed by atoms with Crippen LogP contribution in [0.1, 0.15) is 5.56 Å². The molecule has 3 aromatic rings. The number of hydrogen-bond acceptors (Lipinski definition) is 5. The van der Waals surface area contributed by atoms with Crippen molar-refractivity contribution >= 4 is 53.6 Å². The molecule has 24 heavy (non-hydrogen) atoms. The van der Waals surface area contributed by atoms with Crippen LogP contribution in [-0.4, -0.2) is 36.6 Å². The largest absolute Gasteiger partial charge is 0.317 e. The second kappa shape index (κ2) is 5.56. The van der Waals surface area contributed by atoms with Gasteiger partial charge in [-0.25, -0.2) is 20.8 Å². The average Bonchev–Trinajstić information content (AvgIpc) is 2.95. The van der Waals surface area contributed by atoms with Crippen LogP contribution < -0.4 is 0 Å². The Morgan fingerprint density at radius 1 is 1.08 bits per heavy atom. The zero-order valence-electron chi connectivity index (χ0n) is 13.1. The van der Waals surface area contributed by atoms with Crippen molar-refractivity contribution < 1.29 is 16.8 Å². The molecule has 10 heteroatoms. The van der Waals surface area contributed by atoms with E-state index in [-0.39, 0.29) is 15.7 Å². The first-order valence-electron chi connectivity index (χ1n) is 6.79. The fourth-order valence-electron chi connectivity index (χ4n) is 2.44. The van der Waals surface area contributed by atoms with Gasteiger partial charge in [-0.05, 0) is 47.7 Å². The highest BCUT2D eigenvalue weighted by atomic mass is 127. The zero-order valence-corrected chi connectivity index (χ0v) is 16.8. The molecule has 3 rings (SSSR count). The third-order valence-corrected chi connectivity index (χ3v) is 7.48. The van der Waals surface area contributed by atoms with Crippen LogP contribution in [0.2, 0.25) is 0 Å². The van der Waals surface area contributed by atoms with E-state index in [1.807, 2.05) is 29.5 Å². The third-order valence-electron chi connectivity index (χ3n) is 3.61. The second-order valence-electron chi connectivity index (χ2n) is 5.48. The monoisotopic (exact) mass is 479 g/mol. The number of benzene rings is 1. The molecule has 0 unspecified atom stereocenters. The molecular weight excluding hydrogens is 465 g/mol. The molecule has 0 atom stereocenters. The van der Waals surface area contributed by atoms with Crippen molar-refractivity contribution in [2.45, 2.75) is 17.0 Å². The minimum atomic E-state index is -3.88. The molecule has 0 radical (unpaired) electrons. The van der Waals surface area contributed by atoms with Gasteiger partial charge in [-0.1, -0.05) is 17.7 Å². The molecule has 2 aromatic heterocycles. The van der Waals surface area contributed by atoms with Gasteiger partial charge < -0.3 is 4.57 Å². The van der Waals surface area contributed by atoms with E-state index in [9.17, 15) is 16.8 Å². The normalized spacial score (nSPS) is 12.8. The summed E-state index contributed by atoms with van der Waals surface area (Å²) < 4.78 is 52.5. The lowest BCUT2D eigenvalue weighted by molar-refractivity contribution is 0.583. The van der Waals surface area contributed by atoms with E-state index in [0.717, 1.165) is 15.8 Å². The van der Waals surface area contributed by atoms with Gasteiger partial charge in [0.05, 0.1) is 14.1 Å². The van der Waals surface area contributed by atoms with Gasteiger partial charge in [0, 0.05) is 13.3 Å². The van der Waals surface area contributed by atoms with Gasteiger partial charge in [0.15, 0.2) is 5.65 Å². The molecule has 0 bridgehead atoms. The Kier molecular flexibility index (Phi) is 4.04. The molecular formula is C14H14IN3O4S2. The van der Waals surface area contributed by atoms with Crippen LogP contribution in [0.5, 0.6) is 0 Å². The average molecular weight is 479 g/mol. The minimum absolute atomic E-state index is 0.0999. The molecule has 0 spiro atoms. The lowest BCUT2D eigenvalue weighted by Crippen LogP contribution is -2.15. The molecule has 0 N–H and O–H groups in total. The van der Waals surface area contributed by atoms with Crippen LogP contribution in [0, 0.1) is 10.6 Å². The highest BCUT2D eigenvalue weighted by Crippen LogP contribution is 2.28. The summed E-state index contributed by atoms with van der Waals surface area (Å²) in [7, 11) is -5.90. The number of imidazole rings is 1. The van der Waals surface area contributed by atoms with E-state index in [4.69, 9.17) is 0 Å². The van der Waals surface area contributed by atoms with Gasteiger partial charge in [-0.15, -0.1) is 0 Å². The maximum atomic E-state index is 13.0. The first-order valence-corrected chi connectivity index (χ1v) is 11.2. The summed E-state index contributed by atoms with van der Waals surface area (Å²) in [5, 5.41) is -0.170. The molecule has 1 aromatic carbocycles. The first-order chi connectivity index (χ1) is 11.0. The smallest absolute Gasteiger partial charge is 0.270 e. The fourth-order valence-corrected chi connectivity index (χ4v) is 5.92. The number of sulfone groups is 1. The van der Waals surface area contributed by atoms with Crippen molar-refractivity contribution in [2.75, 3.05) is 6.26 Å². The standard InChI is InChI=1S/C14H14IN3O4S2/c1-9-4-6-10(7-5-9)24(21,22)18-12(15)8-11-13(18)16-14(17(11)2)23(3,19)20/h4-8H,1-3H3. The maximum Gasteiger partial charge on any atom is 0.270 e. The highest BCUT2D eigenvalue weighted by molar-refractivity contribution is 14.1. The van der Waals surface area contributed by atoms with E-state index in [1.165, 1.54) is 16.7 Å². The predicted octanol–water partition coefficient (Wildman–Crippen LogP) is 1.93. The first kappa shape index (κ1) is 17.4. The lowest BCUT2D eigenvalue weighted by Gasteiger charge is -2.08. The van der Waals surface area contributed by atoms with Gasteiger partial charge in [0.1, 0.15) is 0 Å². The van der Waals surface area contributed by atoms with E-state index < -0.39 is 19.9 Å². The second-order valence-corrected chi connectivity index (χ2v) is 10.3. The number of rotatable bonds is 3. The SMILES string of the molecule is Cc1ccc(S(=O)(=O)n2c(I)cc3c2nc(S(C)(=O)=O)n3C)cc1. The summed E-state index contributed by atoms with van der Waals surface area (Å²) in [6, 6.07) is 8.06. The van der Waals surface area contributed by atoms with Gasteiger partial charge >= 0.3 is 0 Å². The van der Waals surface area contributed by atoms with Crippen molar-refractivity contribution in [3.8, 4) is 0 Å². The molecule has 0 amide bonds. The van der Waals surface area contributed by atoms with E-state index in [2.05, 4.69) is 4.98 Å². The third kappa shape index (κ3) is 2.65. The van der Waals surface area contributed by atoms with Crippen LogP contribution in [0.25, 0.3) is 11.2 Å². The molecule has 0 aliphatic carbocycles. The Balaban J connectivity index is 2.34. The van der Waals surface area contributed by atoms with Crippen LogP contribution in [0.4, 0.5) is 0 Å². The topological polar surface area (TPSA) is 91.0 Å². The highest BCUT2D eigenvalue weighted by Gasteiger charge is 2.27. The Bertz CT molecular complexity index is 1160. The molecule has 2 heterocycles. The van der Waals surface area contributed by atoms with Crippen LogP contribution in [0.15, 0.2) is 40.4 Å². The minimum Gasteiger partial charge on any atom is -0.317 e. The molecule has 0 aliphatic heterocycles. The number of halogens is 1. The summed E-state index contributed by atoms with van der Waals surface area (Å²) in [6.07, 6.45) is 1.04. The number of nitrogens with zero attached hydrogens (tertiary/aromatic N) is 3. The summed E-state index contributed by atoms with van der Waals surface area (Å²) in [4.78, 5) is 4.19. The summed E-state index contributed by atoms with van der Waals surface area (Å²) >= 11 is 1.90. The van der Waals surface area contributed by atoms with Gasteiger partial charge in [-0.3, -0.25) is 0 Å². The zero-order chi connectivity index (χ0) is 17.9.